The van der Waals surface area contributed by atoms with Gasteiger partial charge in [0.05, 0.1) is 4.90 Å². The number of hydrogen-bond acceptors (Lipinski definition) is 5. The zero-order chi connectivity index (χ0) is 21.0. The molecule has 0 unspecified atom stereocenters. The maximum Gasteiger partial charge on any atom is 0.243 e. The summed E-state index contributed by atoms with van der Waals surface area (Å²) >= 11 is 0. The molecule has 0 bridgehead atoms. The molecule has 0 radical (unpaired) electrons. The second-order valence-electron chi connectivity index (χ2n) is 7.35. The predicted octanol–water partition coefficient (Wildman–Crippen LogP) is 1.29. The summed E-state index contributed by atoms with van der Waals surface area (Å²) in [5.74, 6) is -0.481. The van der Waals surface area contributed by atoms with Crippen LogP contribution in [0.4, 0.5) is 5.69 Å². The van der Waals surface area contributed by atoms with E-state index >= 15 is 0 Å². The molecular weight excluding hydrogens is 394 g/mol. The van der Waals surface area contributed by atoms with E-state index in [1.54, 1.807) is 12.1 Å². The van der Waals surface area contributed by atoms with E-state index in [-0.39, 0.29) is 16.7 Å². The zero-order valence-electron chi connectivity index (χ0n) is 17.0. The highest BCUT2D eigenvalue weighted by molar-refractivity contribution is 7.89. The van der Waals surface area contributed by atoms with Gasteiger partial charge < -0.3 is 10.1 Å². The number of rotatable bonds is 8. The van der Waals surface area contributed by atoms with Gasteiger partial charge in [-0.2, -0.15) is 4.31 Å². The molecule has 8 nitrogen and oxygen atoms in total. The molecule has 0 spiro atoms. The largest absolute Gasteiger partial charge is 0.382 e. The maximum absolute atomic E-state index is 12.8. The van der Waals surface area contributed by atoms with E-state index in [2.05, 4.69) is 5.32 Å². The van der Waals surface area contributed by atoms with Crippen molar-refractivity contribution in [3.63, 3.8) is 0 Å². The number of amides is 2. The summed E-state index contributed by atoms with van der Waals surface area (Å²) in [4.78, 5) is 26.6. The van der Waals surface area contributed by atoms with E-state index in [4.69, 9.17) is 4.74 Å². The average molecular weight is 424 g/mol. The number of anilines is 1. The van der Waals surface area contributed by atoms with Gasteiger partial charge in [0.15, 0.2) is 0 Å². The Kier molecular flexibility index (Phi) is 6.92. The Morgan fingerprint density at radius 2 is 1.97 bits per heavy atom. The SMILES string of the molecule is CCOCCCNC(=O)[C@@H]1Cc2cc(S(=O)(=O)N3CCCC3)ccc2N1C(C)=O. The minimum atomic E-state index is -3.54. The molecule has 1 aromatic rings. The minimum absolute atomic E-state index is 0.222. The molecule has 2 heterocycles. The van der Waals surface area contributed by atoms with Gasteiger partial charge in [-0.25, -0.2) is 8.42 Å². The van der Waals surface area contributed by atoms with Crippen molar-refractivity contribution in [1.82, 2.24) is 9.62 Å². The summed E-state index contributed by atoms with van der Waals surface area (Å²) < 4.78 is 32.5. The molecule has 29 heavy (non-hydrogen) atoms. The number of carbonyl (C=O) groups is 2. The third-order valence-corrected chi connectivity index (χ3v) is 7.24. The van der Waals surface area contributed by atoms with Crippen molar-refractivity contribution >= 4 is 27.5 Å². The fourth-order valence-corrected chi connectivity index (χ4v) is 5.48. The molecule has 1 saturated heterocycles. The summed E-state index contributed by atoms with van der Waals surface area (Å²) in [6.07, 6.45) is 2.73. The number of hydrogen-bond donors (Lipinski definition) is 1. The van der Waals surface area contributed by atoms with E-state index in [1.165, 1.54) is 22.2 Å². The molecule has 0 aromatic heterocycles. The first-order chi connectivity index (χ1) is 13.9. The summed E-state index contributed by atoms with van der Waals surface area (Å²) in [6, 6.07) is 4.12. The Labute approximate surface area is 172 Å². The molecule has 1 atom stereocenters. The van der Waals surface area contributed by atoms with Crippen molar-refractivity contribution in [2.24, 2.45) is 0 Å². The lowest BCUT2D eigenvalue weighted by atomic mass is 10.1. The first-order valence-corrected chi connectivity index (χ1v) is 11.6. The Balaban J connectivity index is 1.76. The van der Waals surface area contributed by atoms with Gasteiger partial charge in [0.2, 0.25) is 21.8 Å². The van der Waals surface area contributed by atoms with Crippen LogP contribution in [0.15, 0.2) is 23.1 Å². The van der Waals surface area contributed by atoms with Crippen molar-refractivity contribution in [2.75, 3.05) is 37.7 Å². The van der Waals surface area contributed by atoms with Crippen LogP contribution in [0.2, 0.25) is 0 Å². The van der Waals surface area contributed by atoms with Crippen LogP contribution in [0, 0.1) is 0 Å². The lowest BCUT2D eigenvalue weighted by Gasteiger charge is -2.23. The first-order valence-electron chi connectivity index (χ1n) is 10.1. The molecule has 3 rings (SSSR count). The summed E-state index contributed by atoms with van der Waals surface area (Å²) in [7, 11) is -3.54. The third kappa shape index (κ3) is 4.62. The van der Waals surface area contributed by atoms with E-state index in [0.717, 1.165) is 12.8 Å². The van der Waals surface area contributed by atoms with Crippen LogP contribution < -0.4 is 10.2 Å². The van der Waals surface area contributed by atoms with Crippen molar-refractivity contribution in [3.8, 4) is 0 Å². The zero-order valence-corrected chi connectivity index (χ0v) is 17.8. The smallest absolute Gasteiger partial charge is 0.243 e. The van der Waals surface area contributed by atoms with Gasteiger partial charge in [-0.15, -0.1) is 0 Å². The molecule has 2 amide bonds. The van der Waals surface area contributed by atoms with Gasteiger partial charge in [-0.05, 0) is 49.9 Å². The van der Waals surface area contributed by atoms with E-state index in [0.29, 0.717) is 56.9 Å². The summed E-state index contributed by atoms with van der Waals surface area (Å²) in [6.45, 7) is 6.06. The maximum atomic E-state index is 12.8. The number of nitrogens with one attached hydrogen (secondary N) is 1. The van der Waals surface area contributed by atoms with Crippen LogP contribution in [0.1, 0.15) is 38.7 Å². The van der Waals surface area contributed by atoms with Crippen LogP contribution in [-0.4, -0.2) is 63.4 Å². The quantitative estimate of drug-likeness (QED) is 0.636. The second kappa shape index (κ2) is 9.23. The Hall–Kier alpha value is -1.97. The number of fused-ring (bicyclic) bond motifs is 1. The van der Waals surface area contributed by atoms with Gasteiger partial charge in [0, 0.05) is 51.9 Å². The standard InChI is InChI=1S/C20H29N3O5S/c1-3-28-12-6-9-21-20(25)19-14-16-13-17(7-8-18(16)23(19)15(2)24)29(26,27)22-10-4-5-11-22/h7-8,13,19H,3-6,9-12,14H2,1-2H3,(H,21,25)/t19-/m0/s1. The summed E-state index contributed by atoms with van der Waals surface area (Å²) in [5, 5.41) is 2.85. The first kappa shape index (κ1) is 21.7. The Morgan fingerprint density at radius 3 is 2.62 bits per heavy atom. The number of sulfonamides is 1. The Morgan fingerprint density at radius 1 is 1.24 bits per heavy atom. The lowest BCUT2D eigenvalue weighted by molar-refractivity contribution is -0.125. The molecule has 0 saturated carbocycles. The number of nitrogens with zero attached hydrogens (tertiary/aromatic N) is 2. The van der Waals surface area contributed by atoms with Gasteiger partial charge in [-0.1, -0.05) is 0 Å². The molecule has 160 valence electrons. The number of carbonyl (C=O) groups excluding carboxylic acids is 2. The van der Waals surface area contributed by atoms with Crippen LogP contribution >= 0.6 is 0 Å². The molecule has 1 fully saturated rings. The van der Waals surface area contributed by atoms with Gasteiger partial charge >= 0.3 is 0 Å². The lowest BCUT2D eigenvalue weighted by Crippen LogP contribution is -2.47. The highest BCUT2D eigenvalue weighted by atomic mass is 32.2. The van der Waals surface area contributed by atoms with Gasteiger partial charge in [-0.3, -0.25) is 14.5 Å². The molecule has 0 aliphatic carbocycles. The molecule has 9 heteroatoms. The van der Waals surface area contributed by atoms with E-state index in [1.807, 2.05) is 6.92 Å². The predicted molar refractivity (Wildman–Crippen MR) is 109 cm³/mol. The molecule has 2 aliphatic heterocycles. The van der Waals surface area contributed by atoms with Crippen molar-refractivity contribution in [2.45, 2.75) is 50.5 Å². The van der Waals surface area contributed by atoms with Crippen LogP contribution in [-0.2, 0) is 30.8 Å². The van der Waals surface area contributed by atoms with Crippen LogP contribution in [0.3, 0.4) is 0 Å². The fourth-order valence-electron chi connectivity index (χ4n) is 3.91. The minimum Gasteiger partial charge on any atom is -0.382 e. The number of benzene rings is 1. The van der Waals surface area contributed by atoms with Crippen LogP contribution in [0.5, 0.6) is 0 Å². The highest BCUT2D eigenvalue weighted by Crippen LogP contribution is 2.35. The van der Waals surface area contributed by atoms with Crippen molar-refractivity contribution in [3.05, 3.63) is 23.8 Å². The molecule has 1 aromatic carbocycles. The van der Waals surface area contributed by atoms with Crippen molar-refractivity contribution in [1.29, 1.82) is 0 Å². The second-order valence-corrected chi connectivity index (χ2v) is 9.29. The normalized spacial score (nSPS) is 19.4. The topological polar surface area (TPSA) is 96.0 Å². The van der Waals surface area contributed by atoms with Gasteiger partial charge in [0.1, 0.15) is 6.04 Å². The number of ether oxygens (including phenoxy) is 1. The average Bonchev–Trinajstić information content (AvgIpc) is 3.35. The van der Waals surface area contributed by atoms with Crippen molar-refractivity contribution < 1.29 is 22.7 Å². The fraction of sp³-hybridized carbons (Fsp3) is 0.600. The van der Waals surface area contributed by atoms with Gasteiger partial charge in [0.25, 0.3) is 0 Å². The van der Waals surface area contributed by atoms with E-state index in [9.17, 15) is 18.0 Å². The third-order valence-electron chi connectivity index (χ3n) is 5.35. The monoisotopic (exact) mass is 423 g/mol. The highest BCUT2D eigenvalue weighted by Gasteiger charge is 2.38. The molecule has 2 aliphatic rings. The molecule has 1 N–H and O–H groups in total. The molecular formula is C20H29N3O5S. The van der Waals surface area contributed by atoms with E-state index < -0.39 is 16.1 Å². The summed E-state index contributed by atoms with van der Waals surface area (Å²) in [5.41, 5.74) is 1.31. The Bertz CT molecular complexity index is 865. The van der Waals surface area contributed by atoms with Crippen LogP contribution in [0.25, 0.3) is 0 Å².